The predicted octanol–water partition coefficient (Wildman–Crippen LogP) is 4.02. The van der Waals surface area contributed by atoms with Crippen LogP contribution in [-0.4, -0.2) is 12.5 Å². The first kappa shape index (κ1) is 16.3. The van der Waals surface area contributed by atoms with Crippen LogP contribution in [0, 0.1) is 11.3 Å². The summed E-state index contributed by atoms with van der Waals surface area (Å²) < 4.78 is 5.54. The molecular formula is C19H18N2O2. The van der Waals surface area contributed by atoms with Crippen molar-refractivity contribution in [1.29, 1.82) is 5.26 Å². The van der Waals surface area contributed by atoms with Gasteiger partial charge in [0.15, 0.2) is 0 Å². The second kappa shape index (κ2) is 9.06. The first-order valence-corrected chi connectivity index (χ1v) is 7.42. The molecule has 0 fully saturated rings. The molecule has 0 saturated carbocycles. The van der Waals surface area contributed by atoms with Gasteiger partial charge in [0.2, 0.25) is 5.91 Å². The standard InChI is InChI=1S/C19H18N2O2/c20-13-4-5-14-23-18-10-6-9-17(15-18)21-19(22)12-11-16-7-2-1-3-8-16/h1-3,6-12,15H,4-5,14H2,(H,21,22)/b12-11+. The highest BCUT2D eigenvalue weighted by atomic mass is 16.5. The van der Waals surface area contributed by atoms with Crippen LogP contribution < -0.4 is 10.1 Å². The van der Waals surface area contributed by atoms with Gasteiger partial charge in [0.1, 0.15) is 5.75 Å². The summed E-state index contributed by atoms with van der Waals surface area (Å²) in [5, 5.41) is 11.3. The van der Waals surface area contributed by atoms with Crippen LogP contribution in [-0.2, 0) is 4.79 Å². The van der Waals surface area contributed by atoms with Crippen molar-refractivity contribution < 1.29 is 9.53 Å². The fourth-order valence-electron chi connectivity index (χ4n) is 1.92. The number of amides is 1. The molecule has 0 unspecified atom stereocenters. The van der Waals surface area contributed by atoms with E-state index in [4.69, 9.17) is 10.00 Å². The van der Waals surface area contributed by atoms with Crippen molar-refractivity contribution in [2.45, 2.75) is 12.8 Å². The number of anilines is 1. The molecule has 0 bridgehead atoms. The van der Waals surface area contributed by atoms with Gasteiger partial charge in [-0.3, -0.25) is 4.79 Å². The summed E-state index contributed by atoms with van der Waals surface area (Å²) in [6.07, 6.45) is 4.42. The Hall–Kier alpha value is -3.06. The molecule has 2 rings (SSSR count). The van der Waals surface area contributed by atoms with Crippen molar-refractivity contribution in [3.05, 3.63) is 66.2 Å². The van der Waals surface area contributed by atoms with E-state index in [9.17, 15) is 4.79 Å². The zero-order chi connectivity index (χ0) is 16.3. The number of carbonyl (C=O) groups excluding carboxylic acids is 1. The monoisotopic (exact) mass is 306 g/mol. The first-order valence-electron chi connectivity index (χ1n) is 7.42. The van der Waals surface area contributed by atoms with Crippen molar-refractivity contribution in [3.8, 4) is 11.8 Å². The maximum atomic E-state index is 11.9. The van der Waals surface area contributed by atoms with E-state index in [0.717, 1.165) is 5.56 Å². The number of ether oxygens (including phenoxy) is 1. The van der Waals surface area contributed by atoms with Gasteiger partial charge in [0, 0.05) is 24.3 Å². The largest absolute Gasteiger partial charge is 0.493 e. The summed E-state index contributed by atoms with van der Waals surface area (Å²) in [6, 6.07) is 18.9. The van der Waals surface area contributed by atoms with E-state index in [1.165, 1.54) is 6.08 Å². The van der Waals surface area contributed by atoms with Crippen LogP contribution >= 0.6 is 0 Å². The minimum Gasteiger partial charge on any atom is -0.493 e. The summed E-state index contributed by atoms with van der Waals surface area (Å²) >= 11 is 0. The summed E-state index contributed by atoms with van der Waals surface area (Å²) in [5.74, 6) is 0.475. The molecule has 0 aliphatic carbocycles. The van der Waals surface area contributed by atoms with Crippen LogP contribution in [0.4, 0.5) is 5.69 Å². The van der Waals surface area contributed by atoms with Crippen LogP contribution in [0.3, 0.4) is 0 Å². The number of carbonyl (C=O) groups is 1. The minimum absolute atomic E-state index is 0.199. The van der Waals surface area contributed by atoms with Gasteiger partial charge in [0.05, 0.1) is 12.7 Å². The molecule has 1 amide bonds. The molecule has 4 heteroatoms. The Morgan fingerprint density at radius 1 is 1.17 bits per heavy atom. The molecule has 2 aromatic carbocycles. The van der Waals surface area contributed by atoms with Gasteiger partial charge in [-0.25, -0.2) is 0 Å². The lowest BCUT2D eigenvalue weighted by Crippen LogP contribution is -2.07. The highest BCUT2D eigenvalue weighted by molar-refractivity contribution is 6.02. The Kier molecular flexibility index (Phi) is 6.43. The third-order valence-corrected chi connectivity index (χ3v) is 3.03. The van der Waals surface area contributed by atoms with E-state index in [1.54, 1.807) is 18.2 Å². The highest BCUT2D eigenvalue weighted by Crippen LogP contribution is 2.17. The van der Waals surface area contributed by atoms with Crippen LogP contribution in [0.5, 0.6) is 5.75 Å². The number of rotatable bonds is 7. The van der Waals surface area contributed by atoms with Crippen molar-refractivity contribution >= 4 is 17.7 Å². The quantitative estimate of drug-likeness (QED) is 0.620. The Bertz CT molecular complexity index is 703. The second-order valence-electron chi connectivity index (χ2n) is 4.87. The van der Waals surface area contributed by atoms with Gasteiger partial charge in [-0.05, 0) is 30.2 Å². The molecule has 0 aliphatic heterocycles. The lowest BCUT2D eigenvalue weighted by Gasteiger charge is -2.07. The van der Waals surface area contributed by atoms with E-state index in [2.05, 4.69) is 11.4 Å². The molecule has 0 aromatic heterocycles. The molecule has 0 heterocycles. The predicted molar refractivity (Wildman–Crippen MR) is 90.9 cm³/mol. The number of unbranched alkanes of at least 4 members (excludes halogenated alkanes) is 1. The first-order chi connectivity index (χ1) is 11.3. The zero-order valence-electron chi connectivity index (χ0n) is 12.7. The maximum Gasteiger partial charge on any atom is 0.248 e. The van der Waals surface area contributed by atoms with Crippen LogP contribution in [0.15, 0.2) is 60.7 Å². The van der Waals surface area contributed by atoms with Gasteiger partial charge in [-0.2, -0.15) is 5.26 Å². The Morgan fingerprint density at radius 2 is 2.00 bits per heavy atom. The van der Waals surface area contributed by atoms with Crippen LogP contribution in [0.2, 0.25) is 0 Å². The molecule has 2 aromatic rings. The molecule has 0 atom stereocenters. The third-order valence-electron chi connectivity index (χ3n) is 3.03. The number of nitrogens with one attached hydrogen (secondary N) is 1. The third kappa shape index (κ3) is 6.06. The number of nitriles is 1. The lowest BCUT2D eigenvalue weighted by atomic mass is 10.2. The van der Waals surface area contributed by atoms with E-state index in [1.807, 2.05) is 42.5 Å². The number of hydrogen-bond acceptors (Lipinski definition) is 3. The highest BCUT2D eigenvalue weighted by Gasteiger charge is 2.00. The molecule has 23 heavy (non-hydrogen) atoms. The topological polar surface area (TPSA) is 62.1 Å². The van der Waals surface area contributed by atoms with Gasteiger partial charge in [-0.1, -0.05) is 36.4 Å². The van der Waals surface area contributed by atoms with E-state index in [-0.39, 0.29) is 5.91 Å². The zero-order valence-corrected chi connectivity index (χ0v) is 12.7. The van der Waals surface area contributed by atoms with Crippen molar-refractivity contribution in [3.63, 3.8) is 0 Å². The van der Waals surface area contributed by atoms with Gasteiger partial charge in [-0.15, -0.1) is 0 Å². The summed E-state index contributed by atoms with van der Waals surface area (Å²) in [6.45, 7) is 0.485. The van der Waals surface area contributed by atoms with Gasteiger partial charge in [0.25, 0.3) is 0 Å². The second-order valence-corrected chi connectivity index (χ2v) is 4.87. The average Bonchev–Trinajstić information content (AvgIpc) is 2.58. The van der Waals surface area contributed by atoms with Crippen molar-refractivity contribution in [1.82, 2.24) is 0 Å². The normalized spacial score (nSPS) is 10.2. The fraction of sp³-hybridized carbons (Fsp3) is 0.158. The number of benzene rings is 2. The average molecular weight is 306 g/mol. The molecule has 0 radical (unpaired) electrons. The smallest absolute Gasteiger partial charge is 0.248 e. The van der Waals surface area contributed by atoms with E-state index >= 15 is 0 Å². The Balaban J connectivity index is 1.88. The number of hydrogen-bond donors (Lipinski definition) is 1. The van der Waals surface area contributed by atoms with Crippen molar-refractivity contribution in [2.24, 2.45) is 0 Å². The maximum absolute atomic E-state index is 11.9. The summed E-state index contributed by atoms with van der Waals surface area (Å²) in [5.41, 5.74) is 1.64. The van der Waals surface area contributed by atoms with Crippen LogP contribution in [0.1, 0.15) is 18.4 Å². The fourth-order valence-corrected chi connectivity index (χ4v) is 1.92. The van der Waals surface area contributed by atoms with Gasteiger partial charge >= 0.3 is 0 Å². The molecule has 0 spiro atoms. The number of nitrogens with zero attached hydrogens (tertiary/aromatic N) is 1. The molecule has 1 N–H and O–H groups in total. The Labute approximate surface area is 136 Å². The molecular weight excluding hydrogens is 288 g/mol. The molecule has 0 saturated heterocycles. The lowest BCUT2D eigenvalue weighted by molar-refractivity contribution is -0.111. The SMILES string of the molecule is N#CCCCOc1cccc(NC(=O)/C=C/c2ccccc2)c1. The summed E-state index contributed by atoms with van der Waals surface area (Å²) in [4.78, 5) is 11.9. The van der Waals surface area contributed by atoms with Gasteiger partial charge < -0.3 is 10.1 Å². The molecule has 0 aliphatic rings. The molecule has 4 nitrogen and oxygen atoms in total. The van der Waals surface area contributed by atoms with Crippen molar-refractivity contribution in [2.75, 3.05) is 11.9 Å². The Morgan fingerprint density at radius 3 is 2.78 bits per heavy atom. The minimum atomic E-state index is -0.199. The molecule has 116 valence electrons. The van der Waals surface area contributed by atoms with Crippen LogP contribution in [0.25, 0.3) is 6.08 Å². The summed E-state index contributed by atoms with van der Waals surface area (Å²) in [7, 11) is 0. The van der Waals surface area contributed by atoms with E-state index < -0.39 is 0 Å². The van der Waals surface area contributed by atoms with E-state index in [0.29, 0.717) is 30.9 Å².